The Morgan fingerprint density at radius 2 is 1.51 bits per heavy atom. The maximum atomic E-state index is 13.5. The third-order valence-electron chi connectivity index (χ3n) is 6.34. The number of halogens is 1. The topological polar surface area (TPSA) is 60.9 Å². The molecule has 4 rings (SSSR count). The summed E-state index contributed by atoms with van der Waals surface area (Å²) in [5, 5.41) is 0.457. The highest BCUT2D eigenvalue weighted by Gasteiger charge is 2.30. The molecule has 1 aliphatic heterocycles. The van der Waals surface area contributed by atoms with Crippen molar-refractivity contribution in [3.05, 3.63) is 101 Å². The molecule has 35 heavy (non-hydrogen) atoms. The normalized spacial score (nSPS) is 14.9. The van der Waals surface area contributed by atoms with Gasteiger partial charge in [-0.1, -0.05) is 66.2 Å². The van der Waals surface area contributed by atoms with E-state index in [9.17, 15) is 13.2 Å². The highest BCUT2D eigenvalue weighted by molar-refractivity contribution is 7.89. The zero-order valence-electron chi connectivity index (χ0n) is 19.8. The van der Waals surface area contributed by atoms with Crippen LogP contribution in [0, 0.1) is 6.92 Å². The van der Waals surface area contributed by atoms with Crippen LogP contribution < -0.4 is 0 Å². The van der Waals surface area contributed by atoms with E-state index in [0.29, 0.717) is 18.1 Å². The van der Waals surface area contributed by atoms with Gasteiger partial charge >= 0.3 is 0 Å². The molecule has 0 spiro atoms. The molecule has 0 unspecified atom stereocenters. The van der Waals surface area contributed by atoms with Crippen molar-refractivity contribution in [1.82, 2.24) is 14.1 Å². The van der Waals surface area contributed by atoms with Gasteiger partial charge in [0.2, 0.25) is 15.9 Å². The van der Waals surface area contributed by atoms with E-state index in [1.165, 1.54) is 22.0 Å². The summed E-state index contributed by atoms with van der Waals surface area (Å²) >= 11 is 5.97. The minimum Gasteiger partial charge on any atom is -0.339 e. The molecule has 3 aromatic carbocycles. The predicted octanol–water partition coefficient (Wildman–Crippen LogP) is 4.18. The number of piperazine rings is 1. The first kappa shape index (κ1) is 25.4. The van der Waals surface area contributed by atoms with Gasteiger partial charge in [-0.05, 0) is 47.9 Å². The molecule has 1 heterocycles. The summed E-state index contributed by atoms with van der Waals surface area (Å²) in [5.41, 5.74) is 3.09. The van der Waals surface area contributed by atoms with E-state index in [4.69, 9.17) is 11.6 Å². The lowest BCUT2D eigenvalue weighted by Crippen LogP contribution is -2.51. The van der Waals surface area contributed by atoms with Gasteiger partial charge < -0.3 is 4.90 Å². The number of carbonyl (C=O) groups is 1. The zero-order valence-corrected chi connectivity index (χ0v) is 21.4. The quantitative estimate of drug-likeness (QED) is 0.455. The zero-order chi connectivity index (χ0) is 24.8. The molecule has 1 amide bonds. The molecule has 184 valence electrons. The minimum atomic E-state index is -3.90. The van der Waals surface area contributed by atoms with E-state index in [1.54, 1.807) is 17.0 Å². The molecule has 0 radical (unpaired) electrons. The van der Waals surface area contributed by atoms with E-state index in [2.05, 4.69) is 17.0 Å². The molecule has 3 aromatic rings. The molecule has 0 saturated carbocycles. The Kier molecular flexibility index (Phi) is 8.23. The van der Waals surface area contributed by atoms with Crippen LogP contribution in [0.1, 0.15) is 16.7 Å². The smallest absolute Gasteiger partial charge is 0.243 e. The van der Waals surface area contributed by atoms with Crippen LogP contribution in [0.3, 0.4) is 0 Å². The van der Waals surface area contributed by atoms with Crippen LogP contribution in [0.2, 0.25) is 5.02 Å². The van der Waals surface area contributed by atoms with Gasteiger partial charge in [0.05, 0.1) is 11.4 Å². The predicted molar refractivity (Wildman–Crippen MR) is 139 cm³/mol. The lowest BCUT2D eigenvalue weighted by atomic mass is 10.1. The molecular weight excluding hydrogens is 482 g/mol. The second-order valence-electron chi connectivity index (χ2n) is 8.80. The van der Waals surface area contributed by atoms with E-state index in [-0.39, 0.29) is 23.9 Å². The maximum Gasteiger partial charge on any atom is 0.243 e. The van der Waals surface area contributed by atoms with E-state index in [1.807, 2.05) is 49.4 Å². The van der Waals surface area contributed by atoms with Crippen molar-refractivity contribution in [3.63, 3.8) is 0 Å². The first-order chi connectivity index (χ1) is 16.8. The van der Waals surface area contributed by atoms with E-state index in [0.717, 1.165) is 30.8 Å². The van der Waals surface area contributed by atoms with Gasteiger partial charge in [0.15, 0.2) is 0 Å². The Morgan fingerprint density at radius 1 is 0.886 bits per heavy atom. The molecule has 1 fully saturated rings. The number of hydrogen-bond donors (Lipinski definition) is 0. The van der Waals surface area contributed by atoms with Gasteiger partial charge in [0, 0.05) is 44.3 Å². The lowest BCUT2D eigenvalue weighted by molar-refractivity contribution is -0.133. The van der Waals surface area contributed by atoms with Crippen LogP contribution in [0.25, 0.3) is 0 Å². The summed E-state index contributed by atoms with van der Waals surface area (Å²) in [5.74, 6) is -0.185. The lowest BCUT2D eigenvalue weighted by Gasteiger charge is -2.35. The molecule has 6 nitrogen and oxygen atoms in total. The Balaban J connectivity index is 1.47. The fraction of sp³-hybridized carbons (Fsp3) is 0.296. The van der Waals surface area contributed by atoms with Crippen LogP contribution >= 0.6 is 11.6 Å². The first-order valence-electron chi connectivity index (χ1n) is 11.7. The molecule has 8 heteroatoms. The average molecular weight is 512 g/mol. The molecule has 0 aromatic heterocycles. The van der Waals surface area contributed by atoms with Gasteiger partial charge in [-0.3, -0.25) is 9.69 Å². The average Bonchev–Trinajstić information content (AvgIpc) is 2.86. The van der Waals surface area contributed by atoms with Crippen LogP contribution in [0.5, 0.6) is 0 Å². The minimum absolute atomic E-state index is 0.121. The molecule has 0 N–H and O–H groups in total. The van der Waals surface area contributed by atoms with Gasteiger partial charge in [0.1, 0.15) is 0 Å². The Labute approximate surface area is 212 Å². The molecular formula is C27H30ClN3O3S. The van der Waals surface area contributed by atoms with Crippen LogP contribution in [0.4, 0.5) is 0 Å². The van der Waals surface area contributed by atoms with Gasteiger partial charge in [-0.25, -0.2) is 8.42 Å². The van der Waals surface area contributed by atoms with E-state index < -0.39 is 10.0 Å². The number of sulfonamides is 1. The fourth-order valence-electron chi connectivity index (χ4n) is 4.21. The molecule has 1 saturated heterocycles. The third kappa shape index (κ3) is 6.49. The third-order valence-corrected chi connectivity index (χ3v) is 8.40. The number of benzene rings is 3. The first-order valence-corrected chi connectivity index (χ1v) is 13.5. The molecule has 1 aliphatic rings. The summed E-state index contributed by atoms with van der Waals surface area (Å²) in [6.45, 7) is 5.35. The van der Waals surface area contributed by atoms with Crippen LogP contribution in [-0.4, -0.2) is 61.2 Å². The largest absolute Gasteiger partial charge is 0.339 e. The summed E-state index contributed by atoms with van der Waals surface area (Å²) in [6, 6.07) is 23.9. The van der Waals surface area contributed by atoms with E-state index >= 15 is 0 Å². The van der Waals surface area contributed by atoms with Crippen LogP contribution in [0.15, 0.2) is 83.8 Å². The second-order valence-corrected chi connectivity index (χ2v) is 11.2. The maximum absolute atomic E-state index is 13.5. The van der Waals surface area contributed by atoms with Crippen molar-refractivity contribution >= 4 is 27.5 Å². The molecule has 0 aliphatic carbocycles. The number of amides is 1. The van der Waals surface area contributed by atoms with Crippen molar-refractivity contribution in [1.29, 1.82) is 0 Å². The van der Waals surface area contributed by atoms with Crippen LogP contribution in [-0.2, 0) is 27.9 Å². The van der Waals surface area contributed by atoms with Crippen molar-refractivity contribution < 1.29 is 13.2 Å². The number of rotatable bonds is 8. The number of hydrogen-bond acceptors (Lipinski definition) is 4. The Morgan fingerprint density at radius 3 is 2.17 bits per heavy atom. The standard InChI is InChI=1S/C27H30ClN3O3S/c1-22-7-5-6-10-24(22)20-31(35(33,34)26-13-11-25(28)12-14-26)21-27(32)30-17-15-29(16-18-30)19-23-8-3-2-4-9-23/h2-14H,15-21H2,1H3. The van der Waals surface area contributed by atoms with Crippen molar-refractivity contribution in [3.8, 4) is 0 Å². The van der Waals surface area contributed by atoms with Gasteiger partial charge in [0.25, 0.3) is 0 Å². The summed E-state index contributed by atoms with van der Waals surface area (Å²) in [7, 11) is -3.90. The second kappa shape index (κ2) is 11.4. The Bertz CT molecular complexity index is 1240. The monoisotopic (exact) mass is 511 g/mol. The number of nitrogens with zero attached hydrogens (tertiary/aromatic N) is 3. The molecule has 0 bridgehead atoms. The summed E-state index contributed by atoms with van der Waals surface area (Å²) in [4.78, 5) is 17.5. The van der Waals surface area contributed by atoms with Gasteiger partial charge in [-0.15, -0.1) is 0 Å². The number of carbonyl (C=O) groups excluding carboxylic acids is 1. The van der Waals surface area contributed by atoms with Crippen molar-refractivity contribution in [2.75, 3.05) is 32.7 Å². The number of aryl methyl sites for hydroxylation is 1. The highest BCUT2D eigenvalue weighted by atomic mass is 35.5. The highest BCUT2D eigenvalue weighted by Crippen LogP contribution is 2.22. The Hall–Kier alpha value is -2.71. The van der Waals surface area contributed by atoms with Crippen molar-refractivity contribution in [2.45, 2.75) is 24.9 Å². The molecule has 0 atom stereocenters. The fourth-order valence-corrected chi connectivity index (χ4v) is 5.70. The summed E-state index contributed by atoms with van der Waals surface area (Å²) < 4.78 is 28.3. The summed E-state index contributed by atoms with van der Waals surface area (Å²) in [6.07, 6.45) is 0. The van der Waals surface area contributed by atoms with Gasteiger partial charge in [-0.2, -0.15) is 4.31 Å². The van der Waals surface area contributed by atoms with Crippen molar-refractivity contribution in [2.24, 2.45) is 0 Å². The SMILES string of the molecule is Cc1ccccc1CN(CC(=O)N1CCN(Cc2ccccc2)CC1)S(=O)(=O)c1ccc(Cl)cc1.